The van der Waals surface area contributed by atoms with Gasteiger partial charge >= 0.3 is 5.97 Å². The van der Waals surface area contributed by atoms with E-state index in [0.29, 0.717) is 13.2 Å². The Morgan fingerprint density at radius 3 is 2.47 bits per heavy atom. The molecule has 0 fully saturated rings. The minimum Gasteiger partial charge on any atom is -0.466 e. The first kappa shape index (κ1) is 16.0. The zero-order valence-electron chi connectivity index (χ0n) is 10.4. The third-order valence-electron chi connectivity index (χ3n) is 1.81. The molecule has 0 saturated heterocycles. The van der Waals surface area contributed by atoms with Gasteiger partial charge in [-0.15, -0.1) is 0 Å². The van der Waals surface area contributed by atoms with Crippen LogP contribution in [0.5, 0.6) is 0 Å². The summed E-state index contributed by atoms with van der Waals surface area (Å²) in [5.41, 5.74) is 0. The molecule has 0 heterocycles. The Kier molecular flexibility index (Phi) is 8.49. The summed E-state index contributed by atoms with van der Waals surface area (Å²) in [6.07, 6.45) is 0.292. The number of amides is 1. The maximum atomic E-state index is 11.4. The molecule has 0 rings (SSSR count). The van der Waals surface area contributed by atoms with Crippen molar-refractivity contribution in [1.29, 1.82) is 0 Å². The van der Waals surface area contributed by atoms with Crippen molar-refractivity contribution in [2.45, 2.75) is 38.9 Å². The van der Waals surface area contributed by atoms with E-state index in [1.165, 1.54) is 6.92 Å². The van der Waals surface area contributed by atoms with E-state index < -0.39 is 0 Å². The number of esters is 1. The topological polar surface area (TPSA) is 72.5 Å². The number of carbonyl (C=O) groups excluding carboxylic acids is 3. The summed E-state index contributed by atoms with van der Waals surface area (Å²) < 4.78 is 4.72. The van der Waals surface area contributed by atoms with E-state index in [0.717, 1.165) is 11.8 Å². The third kappa shape index (κ3) is 9.86. The molecule has 0 aliphatic heterocycles. The Morgan fingerprint density at radius 2 is 1.94 bits per heavy atom. The van der Waals surface area contributed by atoms with Gasteiger partial charge in [-0.05, 0) is 6.92 Å². The maximum absolute atomic E-state index is 11.4. The molecule has 98 valence electrons. The summed E-state index contributed by atoms with van der Waals surface area (Å²) in [6, 6.07) is 0. The van der Waals surface area contributed by atoms with Gasteiger partial charge in [-0.1, -0.05) is 18.7 Å². The van der Waals surface area contributed by atoms with Crippen molar-refractivity contribution < 1.29 is 19.1 Å². The third-order valence-corrected chi connectivity index (χ3v) is 2.85. The summed E-state index contributed by atoms with van der Waals surface area (Å²) in [5.74, 6) is -0.465. The fourth-order valence-corrected chi connectivity index (χ4v) is 1.89. The second-order valence-corrected chi connectivity index (χ2v) is 5.04. The lowest BCUT2D eigenvalue weighted by Crippen LogP contribution is -2.27. The lowest BCUT2D eigenvalue weighted by atomic mass is 10.3. The van der Waals surface area contributed by atoms with Crippen LogP contribution in [0, 0.1) is 0 Å². The largest absolute Gasteiger partial charge is 0.466 e. The number of thioether (sulfide) groups is 1. The number of hydrogen-bond donors (Lipinski definition) is 1. The Hall–Kier alpha value is -1.04. The van der Waals surface area contributed by atoms with Crippen molar-refractivity contribution in [1.82, 2.24) is 5.32 Å². The van der Waals surface area contributed by atoms with Gasteiger partial charge in [0.05, 0.1) is 13.0 Å². The molecule has 1 amide bonds. The second-order valence-electron chi connectivity index (χ2n) is 3.54. The molecule has 5 nitrogen and oxygen atoms in total. The van der Waals surface area contributed by atoms with E-state index in [4.69, 9.17) is 4.74 Å². The Labute approximate surface area is 106 Å². The van der Waals surface area contributed by atoms with Gasteiger partial charge in [-0.3, -0.25) is 14.4 Å². The highest BCUT2D eigenvalue weighted by atomic mass is 32.2. The van der Waals surface area contributed by atoms with Gasteiger partial charge in [-0.2, -0.15) is 0 Å². The van der Waals surface area contributed by atoms with Crippen LogP contribution in [0.1, 0.15) is 33.6 Å². The minimum absolute atomic E-state index is 0.00796. The monoisotopic (exact) mass is 261 g/mol. The first-order valence-electron chi connectivity index (χ1n) is 5.55. The van der Waals surface area contributed by atoms with Crippen LogP contribution in [-0.4, -0.2) is 35.4 Å². The molecule has 0 aromatic heterocycles. The molecular weight excluding hydrogens is 242 g/mol. The van der Waals surface area contributed by atoms with Crippen LogP contribution in [0.15, 0.2) is 0 Å². The number of carbonyl (C=O) groups is 3. The molecular formula is C11H19NO4S. The standard InChI is InChI=1S/C11H19NO4S/c1-4-16-10(14)5-6-11(15)17-8(2)7-12-9(3)13/h8H,4-7H2,1-3H3,(H,12,13). The first-order chi connectivity index (χ1) is 7.95. The molecule has 17 heavy (non-hydrogen) atoms. The molecule has 0 bridgehead atoms. The molecule has 0 aliphatic rings. The zero-order valence-corrected chi connectivity index (χ0v) is 11.3. The quantitative estimate of drug-likeness (QED) is 0.695. The van der Waals surface area contributed by atoms with Crippen LogP contribution in [0.25, 0.3) is 0 Å². The van der Waals surface area contributed by atoms with Crippen LogP contribution in [0.3, 0.4) is 0 Å². The summed E-state index contributed by atoms with van der Waals surface area (Å²) in [5, 5.41) is 2.58. The van der Waals surface area contributed by atoms with Gasteiger partial charge in [0.15, 0.2) is 5.12 Å². The van der Waals surface area contributed by atoms with E-state index in [1.54, 1.807) is 6.92 Å². The molecule has 0 aliphatic carbocycles. The number of hydrogen-bond acceptors (Lipinski definition) is 5. The van der Waals surface area contributed by atoms with Crippen LogP contribution in [0.2, 0.25) is 0 Å². The lowest BCUT2D eigenvalue weighted by molar-refractivity contribution is -0.143. The highest BCUT2D eigenvalue weighted by Gasteiger charge is 2.12. The molecule has 0 aromatic rings. The summed E-state index contributed by atoms with van der Waals surface area (Å²) in [4.78, 5) is 33.1. The van der Waals surface area contributed by atoms with E-state index in [-0.39, 0.29) is 35.1 Å². The van der Waals surface area contributed by atoms with Crippen molar-refractivity contribution in [3.05, 3.63) is 0 Å². The molecule has 0 aromatic carbocycles. The van der Waals surface area contributed by atoms with Crippen LogP contribution < -0.4 is 5.32 Å². The van der Waals surface area contributed by atoms with E-state index in [1.807, 2.05) is 6.92 Å². The second kappa shape index (κ2) is 9.04. The molecule has 6 heteroatoms. The summed E-state index contributed by atoms with van der Waals surface area (Å²) >= 11 is 1.14. The maximum Gasteiger partial charge on any atom is 0.306 e. The van der Waals surface area contributed by atoms with Gasteiger partial charge in [0.1, 0.15) is 0 Å². The predicted molar refractivity (Wildman–Crippen MR) is 66.6 cm³/mol. The van der Waals surface area contributed by atoms with Crippen LogP contribution >= 0.6 is 11.8 Å². The van der Waals surface area contributed by atoms with Crippen molar-refractivity contribution in [2.75, 3.05) is 13.2 Å². The molecule has 1 unspecified atom stereocenters. The van der Waals surface area contributed by atoms with Gasteiger partial charge < -0.3 is 10.1 Å². The van der Waals surface area contributed by atoms with E-state index >= 15 is 0 Å². The molecule has 1 N–H and O–H groups in total. The highest BCUT2D eigenvalue weighted by Crippen LogP contribution is 2.14. The Balaban J connectivity index is 3.70. The zero-order chi connectivity index (χ0) is 13.3. The SMILES string of the molecule is CCOC(=O)CCC(=O)SC(C)CNC(C)=O. The van der Waals surface area contributed by atoms with Crippen LogP contribution in [0.4, 0.5) is 0 Å². The van der Waals surface area contributed by atoms with E-state index in [2.05, 4.69) is 5.32 Å². The average molecular weight is 261 g/mol. The minimum atomic E-state index is -0.351. The normalized spacial score (nSPS) is 11.7. The number of rotatable bonds is 7. The summed E-state index contributed by atoms with van der Waals surface area (Å²) in [7, 11) is 0. The first-order valence-corrected chi connectivity index (χ1v) is 6.43. The van der Waals surface area contributed by atoms with Gasteiger partial charge in [0.25, 0.3) is 0 Å². The van der Waals surface area contributed by atoms with Crippen molar-refractivity contribution >= 4 is 28.8 Å². The highest BCUT2D eigenvalue weighted by molar-refractivity contribution is 8.14. The fourth-order valence-electron chi connectivity index (χ4n) is 1.05. The smallest absolute Gasteiger partial charge is 0.306 e. The van der Waals surface area contributed by atoms with Crippen molar-refractivity contribution in [2.24, 2.45) is 0 Å². The average Bonchev–Trinajstić information content (AvgIpc) is 2.24. The molecule has 0 radical (unpaired) electrons. The Morgan fingerprint density at radius 1 is 1.29 bits per heavy atom. The number of ether oxygens (including phenoxy) is 1. The van der Waals surface area contributed by atoms with Gasteiger partial charge in [0, 0.05) is 25.1 Å². The Bertz CT molecular complexity index is 281. The fraction of sp³-hybridized carbons (Fsp3) is 0.727. The van der Waals surface area contributed by atoms with E-state index in [9.17, 15) is 14.4 Å². The summed E-state index contributed by atoms with van der Waals surface area (Å²) in [6.45, 7) is 5.79. The molecule has 0 saturated carbocycles. The van der Waals surface area contributed by atoms with Crippen molar-refractivity contribution in [3.63, 3.8) is 0 Å². The van der Waals surface area contributed by atoms with Crippen LogP contribution in [-0.2, 0) is 19.1 Å². The predicted octanol–water partition coefficient (Wildman–Crippen LogP) is 1.11. The van der Waals surface area contributed by atoms with Gasteiger partial charge in [0.2, 0.25) is 5.91 Å². The lowest BCUT2D eigenvalue weighted by Gasteiger charge is -2.10. The molecule has 0 spiro atoms. The molecule has 1 atom stereocenters. The van der Waals surface area contributed by atoms with Crippen molar-refractivity contribution in [3.8, 4) is 0 Å². The number of nitrogens with one attached hydrogen (secondary N) is 1. The van der Waals surface area contributed by atoms with Gasteiger partial charge in [-0.25, -0.2) is 0 Å².